The average Bonchev–Trinajstić information content (AvgIpc) is 2.91. The molecule has 94 valence electrons. The quantitative estimate of drug-likeness (QED) is 0.779. The molecule has 0 bridgehead atoms. The van der Waals surface area contributed by atoms with Gasteiger partial charge in [0, 0.05) is 18.6 Å². The molecule has 2 saturated heterocycles. The Bertz CT molecular complexity index is 204. The van der Waals surface area contributed by atoms with Gasteiger partial charge in [0.25, 0.3) is 0 Å². The van der Waals surface area contributed by atoms with Crippen molar-refractivity contribution in [2.45, 2.75) is 57.3 Å². The maximum Gasteiger partial charge on any atom is 0.0576 e. The molecular formula is C13H25NO2. The molecule has 0 amide bonds. The zero-order valence-electron chi connectivity index (χ0n) is 10.6. The second-order valence-corrected chi connectivity index (χ2v) is 5.25. The largest absolute Gasteiger partial charge is 0.378 e. The summed E-state index contributed by atoms with van der Waals surface area (Å²) in [4.78, 5) is 0. The lowest BCUT2D eigenvalue weighted by Gasteiger charge is -2.23. The summed E-state index contributed by atoms with van der Waals surface area (Å²) in [5.41, 5.74) is 0. The molecule has 2 aliphatic heterocycles. The summed E-state index contributed by atoms with van der Waals surface area (Å²) in [5, 5.41) is 3.45. The van der Waals surface area contributed by atoms with E-state index < -0.39 is 0 Å². The van der Waals surface area contributed by atoms with Gasteiger partial charge in [-0.3, -0.25) is 0 Å². The first kappa shape index (κ1) is 12.3. The molecule has 0 aromatic heterocycles. The molecule has 0 aliphatic carbocycles. The van der Waals surface area contributed by atoms with E-state index in [1.54, 1.807) is 0 Å². The fourth-order valence-corrected chi connectivity index (χ4v) is 2.98. The van der Waals surface area contributed by atoms with Gasteiger partial charge in [0.2, 0.25) is 0 Å². The molecule has 4 atom stereocenters. The lowest BCUT2D eigenvalue weighted by atomic mass is 9.92. The Hall–Kier alpha value is -0.120. The zero-order valence-corrected chi connectivity index (χ0v) is 10.6. The van der Waals surface area contributed by atoms with Crippen molar-refractivity contribution in [2.24, 2.45) is 5.92 Å². The zero-order chi connectivity index (χ0) is 11.4. The molecule has 2 rings (SSSR count). The third-order valence-corrected chi connectivity index (χ3v) is 3.99. The molecule has 2 heterocycles. The predicted octanol–water partition coefficient (Wildman–Crippen LogP) is 1.96. The van der Waals surface area contributed by atoms with Gasteiger partial charge in [-0.1, -0.05) is 0 Å². The number of ether oxygens (including phenoxy) is 2. The normalized spacial score (nSPS) is 36.8. The Balaban J connectivity index is 1.72. The molecule has 0 saturated carbocycles. The van der Waals surface area contributed by atoms with Crippen molar-refractivity contribution in [1.82, 2.24) is 5.32 Å². The lowest BCUT2D eigenvalue weighted by molar-refractivity contribution is 0.0945. The molecular weight excluding hydrogens is 202 g/mol. The summed E-state index contributed by atoms with van der Waals surface area (Å²) in [6.07, 6.45) is 7.11. The van der Waals surface area contributed by atoms with Gasteiger partial charge in [-0.25, -0.2) is 0 Å². The van der Waals surface area contributed by atoms with Crippen LogP contribution in [0.5, 0.6) is 0 Å². The van der Waals surface area contributed by atoms with Crippen LogP contribution in [0, 0.1) is 5.92 Å². The molecule has 0 radical (unpaired) electrons. The van der Waals surface area contributed by atoms with E-state index in [0.29, 0.717) is 24.2 Å². The van der Waals surface area contributed by atoms with Crippen LogP contribution in [0.25, 0.3) is 0 Å². The molecule has 2 aliphatic rings. The molecule has 3 nitrogen and oxygen atoms in total. The van der Waals surface area contributed by atoms with Crippen LogP contribution in [0.4, 0.5) is 0 Å². The Morgan fingerprint density at radius 3 is 2.81 bits per heavy atom. The summed E-state index contributed by atoms with van der Waals surface area (Å²) in [6, 6.07) is 0.606. The Kier molecular flexibility index (Phi) is 4.62. The fourth-order valence-electron chi connectivity index (χ4n) is 2.98. The first-order valence-electron chi connectivity index (χ1n) is 6.70. The maximum atomic E-state index is 5.67. The van der Waals surface area contributed by atoms with Crippen LogP contribution in [0.1, 0.15) is 39.0 Å². The van der Waals surface area contributed by atoms with Gasteiger partial charge in [-0.2, -0.15) is 0 Å². The lowest BCUT2D eigenvalue weighted by Crippen LogP contribution is -2.34. The summed E-state index contributed by atoms with van der Waals surface area (Å²) in [6.45, 7) is 4.07. The molecule has 1 N–H and O–H groups in total. The third-order valence-electron chi connectivity index (χ3n) is 3.99. The minimum absolute atomic E-state index is 0.448. The van der Waals surface area contributed by atoms with Crippen LogP contribution >= 0.6 is 0 Å². The first-order chi connectivity index (χ1) is 7.79. The van der Waals surface area contributed by atoms with E-state index in [9.17, 15) is 0 Å². The molecule has 16 heavy (non-hydrogen) atoms. The van der Waals surface area contributed by atoms with Gasteiger partial charge in [-0.15, -0.1) is 0 Å². The monoisotopic (exact) mass is 227 g/mol. The van der Waals surface area contributed by atoms with E-state index in [1.807, 2.05) is 0 Å². The highest BCUT2D eigenvalue weighted by Gasteiger charge is 2.29. The minimum atomic E-state index is 0.448. The van der Waals surface area contributed by atoms with E-state index in [1.165, 1.54) is 32.1 Å². The highest BCUT2D eigenvalue weighted by Crippen LogP contribution is 2.26. The molecule has 4 unspecified atom stereocenters. The highest BCUT2D eigenvalue weighted by atomic mass is 16.5. The summed E-state index contributed by atoms with van der Waals surface area (Å²) in [7, 11) is 2.07. The second kappa shape index (κ2) is 5.99. The van der Waals surface area contributed by atoms with E-state index in [0.717, 1.165) is 13.2 Å². The summed E-state index contributed by atoms with van der Waals surface area (Å²) < 4.78 is 11.3. The van der Waals surface area contributed by atoms with Crippen molar-refractivity contribution in [1.29, 1.82) is 0 Å². The Morgan fingerprint density at radius 2 is 2.25 bits per heavy atom. The van der Waals surface area contributed by atoms with Gasteiger partial charge in [0.1, 0.15) is 0 Å². The number of hydrogen-bond donors (Lipinski definition) is 1. The number of rotatable bonds is 5. The summed E-state index contributed by atoms with van der Waals surface area (Å²) >= 11 is 0. The Labute approximate surface area is 98.9 Å². The fraction of sp³-hybridized carbons (Fsp3) is 1.00. The van der Waals surface area contributed by atoms with Gasteiger partial charge < -0.3 is 14.8 Å². The molecule has 0 aromatic rings. The topological polar surface area (TPSA) is 30.5 Å². The van der Waals surface area contributed by atoms with Gasteiger partial charge in [-0.05, 0) is 46.1 Å². The smallest absolute Gasteiger partial charge is 0.0576 e. The first-order valence-corrected chi connectivity index (χ1v) is 6.70. The second-order valence-electron chi connectivity index (χ2n) is 5.25. The van der Waals surface area contributed by atoms with E-state index in [2.05, 4.69) is 19.3 Å². The van der Waals surface area contributed by atoms with Crippen LogP contribution in [0.15, 0.2) is 0 Å². The van der Waals surface area contributed by atoms with E-state index >= 15 is 0 Å². The van der Waals surface area contributed by atoms with Crippen molar-refractivity contribution in [3.8, 4) is 0 Å². The predicted molar refractivity (Wildman–Crippen MR) is 64.6 cm³/mol. The van der Waals surface area contributed by atoms with Gasteiger partial charge in [0.15, 0.2) is 0 Å². The molecule has 0 spiro atoms. The van der Waals surface area contributed by atoms with Crippen molar-refractivity contribution in [2.75, 3.05) is 20.3 Å². The van der Waals surface area contributed by atoms with Crippen molar-refractivity contribution in [3.05, 3.63) is 0 Å². The minimum Gasteiger partial charge on any atom is -0.378 e. The van der Waals surface area contributed by atoms with Crippen molar-refractivity contribution in [3.63, 3.8) is 0 Å². The number of hydrogen-bond acceptors (Lipinski definition) is 3. The van der Waals surface area contributed by atoms with Crippen LogP contribution in [0.2, 0.25) is 0 Å². The average molecular weight is 227 g/mol. The van der Waals surface area contributed by atoms with E-state index in [-0.39, 0.29) is 0 Å². The molecule has 0 aromatic carbocycles. The van der Waals surface area contributed by atoms with Crippen LogP contribution < -0.4 is 5.32 Å². The van der Waals surface area contributed by atoms with Crippen LogP contribution in [-0.4, -0.2) is 38.5 Å². The van der Waals surface area contributed by atoms with Gasteiger partial charge >= 0.3 is 0 Å². The van der Waals surface area contributed by atoms with Crippen molar-refractivity contribution >= 4 is 0 Å². The van der Waals surface area contributed by atoms with Gasteiger partial charge in [0.05, 0.1) is 18.8 Å². The van der Waals surface area contributed by atoms with Crippen LogP contribution in [0.3, 0.4) is 0 Å². The molecule has 2 fully saturated rings. The molecule has 3 heteroatoms. The summed E-state index contributed by atoms with van der Waals surface area (Å²) in [5.74, 6) is 0.696. The SMILES string of the molecule is CNC(CCC1CCCO1)C1COC(C)C1. The standard InChI is InChI=1S/C13H25NO2/c1-10-8-11(9-16-10)13(14-2)6-5-12-4-3-7-15-12/h10-14H,3-9H2,1-2H3. The van der Waals surface area contributed by atoms with Crippen molar-refractivity contribution < 1.29 is 9.47 Å². The highest BCUT2D eigenvalue weighted by molar-refractivity contribution is 4.82. The van der Waals surface area contributed by atoms with Crippen LogP contribution in [-0.2, 0) is 9.47 Å². The Morgan fingerprint density at radius 1 is 1.38 bits per heavy atom. The third kappa shape index (κ3) is 3.19. The van der Waals surface area contributed by atoms with E-state index in [4.69, 9.17) is 9.47 Å². The number of nitrogens with one attached hydrogen (secondary N) is 1. The maximum absolute atomic E-state index is 5.67.